The number of thiophene rings is 1. The Labute approximate surface area is 207 Å². The topological polar surface area (TPSA) is 73.9 Å². The zero-order valence-electron chi connectivity index (χ0n) is 19.2. The zero-order valence-corrected chi connectivity index (χ0v) is 20.9. The Morgan fingerprint density at radius 1 is 1.24 bits per heavy atom. The quantitative estimate of drug-likeness (QED) is 0.420. The summed E-state index contributed by atoms with van der Waals surface area (Å²) in [6, 6.07) is 9.76. The highest BCUT2D eigenvalue weighted by Crippen LogP contribution is 2.47. The zero-order chi connectivity index (χ0) is 23.7. The molecule has 0 fully saturated rings. The molecule has 5 rings (SSSR count). The van der Waals surface area contributed by atoms with Crippen molar-refractivity contribution >= 4 is 34.9 Å². The number of esters is 1. The monoisotopic (exact) mass is 497 g/mol. The highest BCUT2D eigenvalue weighted by Gasteiger charge is 2.42. The van der Waals surface area contributed by atoms with Crippen LogP contribution in [-0.4, -0.2) is 36.7 Å². The van der Waals surface area contributed by atoms with Crippen LogP contribution in [0.15, 0.2) is 58.3 Å². The van der Waals surface area contributed by atoms with E-state index in [-0.39, 0.29) is 24.5 Å². The van der Waals surface area contributed by atoms with E-state index in [0.717, 1.165) is 34.9 Å². The maximum atomic E-state index is 13.6. The Kier molecular flexibility index (Phi) is 6.70. The number of fused-ring (bicyclic) bond motifs is 1. The molecular weight excluding hydrogens is 470 g/mol. The van der Waals surface area contributed by atoms with E-state index in [1.54, 1.807) is 23.1 Å². The van der Waals surface area contributed by atoms with Crippen molar-refractivity contribution in [2.24, 2.45) is 0 Å². The highest BCUT2D eigenvalue weighted by molar-refractivity contribution is 7.99. The van der Waals surface area contributed by atoms with E-state index < -0.39 is 5.92 Å². The first-order valence-corrected chi connectivity index (χ1v) is 13.5. The van der Waals surface area contributed by atoms with Gasteiger partial charge in [0.15, 0.2) is 17.3 Å². The van der Waals surface area contributed by atoms with Crippen LogP contribution in [0.3, 0.4) is 0 Å². The molecule has 2 aromatic rings. The molecule has 0 saturated heterocycles. The van der Waals surface area contributed by atoms with Crippen molar-refractivity contribution in [1.29, 1.82) is 0 Å². The van der Waals surface area contributed by atoms with Crippen LogP contribution < -0.4 is 14.8 Å². The lowest BCUT2D eigenvalue weighted by Gasteiger charge is -2.36. The van der Waals surface area contributed by atoms with Crippen LogP contribution in [0.4, 0.5) is 0 Å². The summed E-state index contributed by atoms with van der Waals surface area (Å²) in [6.45, 7) is 4.47. The van der Waals surface area contributed by atoms with Crippen molar-refractivity contribution in [1.82, 2.24) is 5.32 Å². The lowest BCUT2D eigenvalue weighted by Crippen LogP contribution is -2.36. The molecule has 0 saturated carbocycles. The number of ketones is 1. The number of rotatable bonds is 7. The van der Waals surface area contributed by atoms with Gasteiger partial charge >= 0.3 is 5.97 Å². The number of benzene rings is 1. The largest absolute Gasteiger partial charge is 0.461 e. The molecule has 0 unspecified atom stereocenters. The van der Waals surface area contributed by atoms with E-state index in [0.29, 0.717) is 35.7 Å². The van der Waals surface area contributed by atoms with E-state index in [1.165, 1.54) is 4.88 Å². The molecule has 0 radical (unpaired) electrons. The maximum Gasteiger partial charge on any atom is 0.336 e. The number of hydrogen-bond acceptors (Lipinski definition) is 8. The molecule has 0 amide bonds. The van der Waals surface area contributed by atoms with Gasteiger partial charge in [0.05, 0.1) is 5.57 Å². The Hall–Kier alpha value is -2.71. The van der Waals surface area contributed by atoms with Gasteiger partial charge in [0.25, 0.3) is 0 Å². The second-order valence-corrected chi connectivity index (χ2v) is 10.9. The molecule has 1 aromatic heterocycles. The Bertz CT molecular complexity index is 1170. The van der Waals surface area contributed by atoms with Gasteiger partial charge in [-0.1, -0.05) is 19.1 Å². The molecule has 6 nitrogen and oxygen atoms in total. The van der Waals surface area contributed by atoms with Gasteiger partial charge in [-0.3, -0.25) is 4.79 Å². The minimum atomic E-state index is -0.506. The third-order valence-corrected chi connectivity index (χ3v) is 8.29. The number of nitrogens with one attached hydrogen (secondary N) is 1. The van der Waals surface area contributed by atoms with E-state index in [1.807, 2.05) is 36.6 Å². The normalized spacial score (nSPS) is 21.4. The number of carbonyl (C=O) groups is 2. The van der Waals surface area contributed by atoms with E-state index in [2.05, 4.69) is 18.3 Å². The number of thioether (sulfide) groups is 1. The fourth-order valence-electron chi connectivity index (χ4n) is 4.88. The first-order chi connectivity index (χ1) is 16.6. The van der Waals surface area contributed by atoms with Crippen molar-refractivity contribution in [2.75, 3.05) is 24.9 Å². The van der Waals surface area contributed by atoms with Gasteiger partial charge in [0.1, 0.15) is 6.61 Å². The molecular formula is C26H27NO5S2. The van der Waals surface area contributed by atoms with Crippen LogP contribution in [0.1, 0.15) is 49.0 Å². The number of allylic oxidation sites excluding steroid dienone is 3. The summed E-state index contributed by atoms with van der Waals surface area (Å²) in [5.41, 5.74) is 3.60. The van der Waals surface area contributed by atoms with Gasteiger partial charge < -0.3 is 19.5 Å². The third kappa shape index (κ3) is 4.36. The Morgan fingerprint density at radius 3 is 2.88 bits per heavy atom. The summed E-state index contributed by atoms with van der Waals surface area (Å²) in [7, 11) is 0. The highest BCUT2D eigenvalue weighted by atomic mass is 32.2. The lowest BCUT2D eigenvalue weighted by atomic mass is 9.72. The summed E-state index contributed by atoms with van der Waals surface area (Å²) < 4.78 is 16.7. The molecule has 1 aromatic carbocycles. The fourth-order valence-corrected chi connectivity index (χ4v) is 6.20. The van der Waals surface area contributed by atoms with Crippen LogP contribution in [0.5, 0.6) is 11.5 Å². The predicted molar refractivity (Wildman–Crippen MR) is 133 cm³/mol. The summed E-state index contributed by atoms with van der Waals surface area (Å²) in [4.78, 5) is 28.1. The van der Waals surface area contributed by atoms with Crippen LogP contribution >= 0.6 is 23.1 Å². The van der Waals surface area contributed by atoms with Crippen molar-refractivity contribution in [3.63, 3.8) is 0 Å². The first kappa shape index (κ1) is 23.1. The summed E-state index contributed by atoms with van der Waals surface area (Å²) in [5, 5.41) is 5.45. The van der Waals surface area contributed by atoms with Crippen molar-refractivity contribution < 1.29 is 23.8 Å². The number of Topliss-reactive ketones (excluding diaryl/α,β-unsaturated/α-hetero) is 1. The van der Waals surface area contributed by atoms with Gasteiger partial charge in [0.2, 0.25) is 6.79 Å². The molecule has 1 N–H and O–H groups in total. The maximum absolute atomic E-state index is 13.6. The van der Waals surface area contributed by atoms with Gasteiger partial charge in [-0.2, -0.15) is 11.8 Å². The Balaban J connectivity index is 1.53. The molecule has 0 spiro atoms. The second-order valence-electron chi connectivity index (χ2n) is 8.48. The standard InChI is InChI=1S/C26H27NO5S2/c1-3-33-10-8-30-26(29)23-15(2)27-18-11-17(22-5-4-9-34-22)12-19(28)25(18)24(23)16-6-7-20-21(13-16)32-14-31-20/h4-7,9,13,17,24,27H,3,8,10-12,14H2,1-2H3/t17-,24+/m1/s1. The van der Waals surface area contributed by atoms with Crippen LogP contribution in [0.2, 0.25) is 0 Å². The van der Waals surface area contributed by atoms with Crippen molar-refractivity contribution in [3.05, 3.63) is 68.7 Å². The fraction of sp³-hybridized carbons (Fsp3) is 0.385. The van der Waals surface area contributed by atoms with Crippen molar-refractivity contribution in [2.45, 2.75) is 38.5 Å². The van der Waals surface area contributed by atoms with Gasteiger partial charge in [-0.15, -0.1) is 11.3 Å². The molecule has 3 aliphatic rings. The molecule has 2 atom stereocenters. The van der Waals surface area contributed by atoms with Gasteiger partial charge in [-0.25, -0.2) is 4.79 Å². The van der Waals surface area contributed by atoms with E-state index in [9.17, 15) is 9.59 Å². The smallest absolute Gasteiger partial charge is 0.336 e. The Morgan fingerprint density at radius 2 is 2.09 bits per heavy atom. The van der Waals surface area contributed by atoms with Crippen LogP contribution in [-0.2, 0) is 14.3 Å². The van der Waals surface area contributed by atoms with E-state index in [4.69, 9.17) is 14.2 Å². The minimum Gasteiger partial charge on any atom is -0.461 e. The number of carbonyl (C=O) groups excluding carboxylic acids is 2. The number of dihydropyridines is 1. The van der Waals surface area contributed by atoms with Crippen LogP contribution in [0.25, 0.3) is 0 Å². The second kappa shape index (κ2) is 9.88. The molecule has 2 aliphatic heterocycles. The van der Waals surface area contributed by atoms with Gasteiger partial charge in [0, 0.05) is 45.9 Å². The molecule has 34 heavy (non-hydrogen) atoms. The summed E-state index contributed by atoms with van der Waals surface area (Å²) in [6.07, 6.45) is 1.16. The first-order valence-electron chi connectivity index (χ1n) is 11.5. The lowest BCUT2D eigenvalue weighted by molar-refractivity contribution is -0.138. The van der Waals surface area contributed by atoms with E-state index >= 15 is 0 Å². The number of ether oxygens (including phenoxy) is 3. The third-order valence-electron chi connectivity index (χ3n) is 6.39. The molecule has 0 bridgehead atoms. The predicted octanol–water partition coefficient (Wildman–Crippen LogP) is 5.13. The van der Waals surface area contributed by atoms with Crippen LogP contribution in [0, 0.1) is 0 Å². The molecule has 3 heterocycles. The average molecular weight is 498 g/mol. The SMILES string of the molecule is CCSCCOC(=O)C1=C(C)NC2=C(C(=O)C[C@H](c3cccs3)C2)[C@H]1c1ccc2c(c1)OCO2. The molecule has 1 aliphatic carbocycles. The number of hydrogen-bond donors (Lipinski definition) is 1. The summed E-state index contributed by atoms with van der Waals surface area (Å²) in [5.74, 6) is 2.32. The minimum absolute atomic E-state index is 0.0640. The summed E-state index contributed by atoms with van der Waals surface area (Å²) >= 11 is 3.40. The van der Waals surface area contributed by atoms with Crippen molar-refractivity contribution in [3.8, 4) is 11.5 Å². The average Bonchev–Trinajstić information content (AvgIpc) is 3.52. The van der Waals surface area contributed by atoms with Gasteiger partial charge in [-0.05, 0) is 48.2 Å². The molecule has 8 heteroatoms. The molecule has 178 valence electrons.